The maximum absolute atomic E-state index is 13.4. The lowest BCUT2D eigenvalue weighted by atomic mass is 9.72. The molecule has 10 atom stereocenters. The van der Waals surface area contributed by atoms with E-state index in [1.807, 2.05) is 33.8 Å². The van der Waals surface area contributed by atoms with Gasteiger partial charge < -0.3 is 49.1 Å². The summed E-state index contributed by atoms with van der Waals surface area (Å²) >= 11 is 0. The van der Waals surface area contributed by atoms with Gasteiger partial charge in [0.1, 0.15) is 19.0 Å². The smallest absolute Gasteiger partial charge is 0.328 e. The van der Waals surface area contributed by atoms with Crippen LogP contribution in [-0.2, 0) is 38.0 Å². The van der Waals surface area contributed by atoms with Crippen LogP contribution in [0.15, 0.2) is 36.5 Å². The van der Waals surface area contributed by atoms with Crippen LogP contribution >= 0.6 is 0 Å². The minimum Gasteiger partial charge on any atom is -0.478 e. The number of rotatable bonds is 13. The molecule has 0 aromatic carbocycles. The van der Waals surface area contributed by atoms with Crippen LogP contribution in [0.5, 0.6) is 0 Å². The number of aliphatic hydroxyl groups is 2. The highest BCUT2D eigenvalue weighted by Crippen LogP contribution is 2.44. The van der Waals surface area contributed by atoms with Gasteiger partial charge >= 0.3 is 5.97 Å². The van der Waals surface area contributed by atoms with Crippen molar-refractivity contribution >= 4 is 11.9 Å². The molecule has 0 bridgehead atoms. The number of ether oxygens (including phenoxy) is 6. The number of carboxylic acid groups (broad SMARTS) is 1. The van der Waals surface area contributed by atoms with Gasteiger partial charge in [-0.15, -0.1) is 0 Å². The van der Waals surface area contributed by atoms with E-state index in [2.05, 4.69) is 11.9 Å². The summed E-state index contributed by atoms with van der Waals surface area (Å²) in [5, 5.41) is 33.4. The molecule has 43 heavy (non-hydrogen) atoms. The highest BCUT2D eigenvalue weighted by molar-refractivity contribution is 5.82. The first kappa shape index (κ1) is 35.3. The molecule has 0 radical (unpaired) electrons. The van der Waals surface area contributed by atoms with Crippen LogP contribution < -0.4 is 5.32 Å². The molecule has 3 aliphatic rings. The summed E-state index contributed by atoms with van der Waals surface area (Å²) in [5.41, 5.74) is 0.246. The van der Waals surface area contributed by atoms with Gasteiger partial charge in [-0.25, -0.2) is 4.79 Å². The number of nitrogens with one attached hydrogen (secondary N) is 1. The van der Waals surface area contributed by atoms with Crippen LogP contribution in [0, 0.1) is 11.3 Å². The minimum absolute atomic E-state index is 0.0350. The number of unbranched alkanes of at least 4 members (excludes halogenated alkanes) is 1. The minimum atomic E-state index is -1.68. The molecule has 3 fully saturated rings. The van der Waals surface area contributed by atoms with Gasteiger partial charge in [0, 0.05) is 44.5 Å². The van der Waals surface area contributed by atoms with E-state index in [0.29, 0.717) is 25.7 Å². The molecule has 4 N–H and O–H groups in total. The topological polar surface area (TPSA) is 162 Å². The first-order valence-electron chi connectivity index (χ1n) is 14.8. The van der Waals surface area contributed by atoms with Gasteiger partial charge in [0.05, 0.1) is 24.4 Å². The molecular formula is C31H49NO11. The highest BCUT2D eigenvalue weighted by Gasteiger charge is 2.57. The fourth-order valence-corrected chi connectivity index (χ4v) is 6.08. The Morgan fingerprint density at radius 1 is 1.16 bits per heavy atom. The number of amides is 1. The Hall–Kier alpha value is -2.16. The molecular weight excluding hydrogens is 562 g/mol. The lowest BCUT2D eigenvalue weighted by molar-refractivity contribution is -0.332. The molecule has 1 amide bonds. The average Bonchev–Trinajstić information content (AvgIpc) is 2.95. The molecule has 3 rings (SSSR count). The predicted molar refractivity (Wildman–Crippen MR) is 156 cm³/mol. The van der Waals surface area contributed by atoms with E-state index in [0.717, 1.165) is 11.6 Å². The summed E-state index contributed by atoms with van der Waals surface area (Å²) < 4.78 is 35.6. The van der Waals surface area contributed by atoms with Crippen LogP contribution in [0.1, 0.15) is 59.8 Å². The van der Waals surface area contributed by atoms with Crippen molar-refractivity contribution < 1.29 is 53.3 Å². The van der Waals surface area contributed by atoms with Crippen molar-refractivity contribution in [2.24, 2.45) is 11.3 Å². The van der Waals surface area contributed by atoms with E-state index in [4.69, 9.17) is 33.5 Å². The van der Waals surface area contributed by atoms with Crippen LogP contribution in [-0.4, -0.2) is 103 Å². The van der Waals surface area contributed by atoms with Crippen LogP contribution in [0.25, 0.3) is 0 Å². The van der Waals surface area contributed by atoms with Crippen molar-refractivity contribution in [1.29, 1.82) is 0 Å². The summed E-state index contributed by atoms with van der Waals surface area (Å²) in [6.45, 7) is 11.7. The van der Waals surface area contributed by atoms with E-state index in [1.54, 1.807) is 13.2 Å². The normalized spacial score (nSPS) is 35.9. The van der Waals surface area contributed by atoms with E-state index < -0.39 is 65.9 Å². The third-order valence-corrected chi connectivity index (χ3v) is 8.95. The zero-order chi connectivity index (χ0) is 31.9. The molecule has 3 saturated heterocycles. The number of carbonyl (C=O) groups excluding carboxylic acids is 1. The number of hydrogen-bond acceptors (Lipinski definition) is 10. The van der Waals surface area contributed by atoms with Crippen molar-refractivity contribution in [2.45, 2.75) is 115 Å². The number of aliphatic carboxylic acids is 1. The first-order chi connectivity index (χ1) is 20.3. The quantitative estimate of drug-likeness (QED) is 0.105. The van der Waals surface area contributed by atoms with Gasteiger partial charge in [-0.3, -0.25) is 4.79 Å². The number of methoxy groups -OCH3 is 2. The molecule has 12 heteroatoms. The Balaban J connectivity index is 1.68. The predicted octanol–water partition coefficient (Wildman–Crippen LogP) is 2.43. The van der Waals surface area contributed by atoms with Crippen molar-refractivity contribution in [3.05, 3.63) is 36.5 Å². The van der Waals surface area contributed by atoms with E-state index in [-0.39, 0.29) is 25.2 Å². The number of carbonyl (C=O) groups is 2. The van der Waals surface area contributed by atoms with E-state index in [1.165, 1.54) is 13.2 Å². The molecule has 0 aromatic heterocycles. The maximum atomic E-state index is 13.4. The van der Waals surface area contributed by atoms with Gasteiger partial charge in [0.2, 0.25) is 5.79 Å². The Labute approximate surface area is 254 Å². The first-order valence-corrected chi connectivity index (χ1v) is 14.8. The molecule has 0 aromatic rings. The second-order valence-corrected chi connectivity index (χ2v) is 12.2. The summed E-state index contributed by atoms with van der Waals surface area (Å²) in [7, 11) is 2.97. The Bertz CT molecular complexity index is 1030. The summed E-state index contributed by atoms with van der Waals surface area (Å²) in [4.78, 5) is 23.9. The number of aliphatic hydroxyl groups excluding tert-OH is 2. The average molecular weight is 612 g/mol. The molecule has 0 aliphatic carbocycles. The second-order valence-electron chi connectivity index (χ2n) is 12.2. The largest absolute Gasteiger partial charge is 0.478 e. The van der Waals surface area contributed by atoms with Gasteiger partial charge in [0.15, 0.2) is 12.3 Å². The number of allylic oxidation sites excluding steroid dienone is 3. The summed E-state index contributed by atoms with van der Waals surface area (Å²) in [6.07, 6.45) is 2.40. The van der Waals surface area contributed by atoms with Crippen molar-refractivity contribution in [1.82, 2.24) is 5.32 Å². The van der Waals surface area contributed by atoms with Crippen molar-refractivity contribution in [2.75, 3.05) is 21.0 Å². The number of carboxylic acids is 1. The molecule has 3 aliphatic heterocycles. The second kappa shape index (κ2) is 15.2. The van der Waals surface area contributed by atoms with E-state index >= 15 is 0 Å². The monoisotopic (exact) mass is 611 g/mol. The molecule has 0 saturated carbocycles. The Morgan fingerprint density at radius 2 is 1.88 bits per heavy atom. The molecule has 12 nitrogen and oxygen atoms in total. The lowest BCUT2D eigenvalue weighted by Gasteiger charge is -2.54. The standard InChI is InChI=1S/C31H49NO11/c1-18-16-31(39-7,43-20(3)19(18)2)26(36)28(37)32-29-25-24(40-17-41-29)27(38-6)30(4,5)22(42-25)15-21(33)13-11-9-8-10-12-14-23(34)35/h8,10,12,14,19-22,24-27,29,33,36H,1,9,11,13,15-17H2,2-7H3,(H,32,37)(H,34,35)/b10-8+,14-12+/t19-,20-,21-,22-,24+,25+,26-,27-,29+,31-/m1/s1. The van der Waals surface area contributed by atoms with Gasteiger partial charge in [-0.2, -0.15) is 0 Å². The third-order valence-electron chi connectivity index (χ3n) is 8.95. The summed E-state index contributed by atoms with van der Waals surface area (Å²) in [6, 6.07) is 0. The zero-order valence-corrected chi connectivity index (χ0v) is 26.1. The van der Waals surface area contributed by atoms with Crippen LogP contribution in [0.2, 0.25) is 0 Å². The Morgan fingerprint density at radius 3 is 2.51 bits per heavy atom. The highest BCUT2D eigenvalue weighted by atomic mass is 16.7. The lowest BCUT2D eigenvalue weighted by Crippen LogP contribution is -2.69. The molecule has 3 heterocycles. The number of fused-ring (bicyclic) bond motifs is 1. The van der Waals surface area contributed by atoms with Gasteiger partial charge in [-0.05, 0) is 26.2 Å². The maximum Gasteiger partial charge on any atom is 0.328 e. The Kier molecular flexibility index (Phi) is 12.5. The zero-order valence-electron chi connectivity index (χ0n) is 26.1. The van der Waals surface area contributed by atoms with Crippen LogP contribution in [0.4, 0.5) is 0 Å². The summed E-state index contributed by atoms with van der Waals surface area (Å²) in [5.74, 6) is -3.33. The SMILES string of the molecule is C=C1C[C@](OC)([C@H](O)C(=O)N[C@H]2OCO[C@H]3[C@@H]2O[C@H](C[C@H](O)CCC/C=C/C=C/C(=O)O)C(C)(C)[C@@H]3OC)O[C@H](C)[C@@H]1C. The van der Waals surface area contributed by atoms with Crippen molar-refractivity contribution in [3.8, 4) is 0 Å². The fourth-order valence-electron chi connectivity index (χ4n) is 6.08. The van der Waals surface area contributed by atoms with Gasteiger partial charge in [-0.1, -0.05) is 51.2 Å². The fraction of sp³-hybridized carbons (Fsp3) is 0.742. The number of hydrogen-bond donors (Lipinski definition) is 4. The van der Waals surface area contributed by atoms with Crippen LogP contribution in [0.3, 0.4) is 0 Å². The molecule has 0 spiro atoms. The van der Waals surface area contributed by atoms with Gasteiger partial charge in [0.25, 0.3) is 5.91 Å². The third kappa shape index (κ3) is 8.31. The molecule has 0 unspecified atom stereocenters. The van der Waals surface area contributed by atoms with Crippen molar-refractivity contribution in [3.63, 3.8) is 0 Å². The molecule has 244 valence electrons. The van der Waals surface area contributed by atoms with E-state index in [9.17, 15) is 19.8 Å².